The number of nitrogens with zero attached hydrogens (tertiary/aromatic N) is 1. The van der Waals surface area contributed by atoms with Gasteiger partial charge in [-0.15, -0.1) is 11.3 Å². The van der Waals surface area contributed by atoms with E-state index in [1.165, 1.54) is 27.1 Å². The monoisotopic (exact) mass is 443 g/mol. The lowest BCUT2D eigenvalue weighted by Crippen LogP contribution is -1.86. The lowest BCUT2D eigenvalue weighted by Gasteiger charge is -2.08. The van der Waals surface area contributed by atoms with E-state index in [9.17, 15) is 0 Å². The van der Waals surface area contributed by atoms with Crippen LogP contribution in [0.25, 0.3) is 63.7 Å². The molecule has 0 spiro atoms. The van der Waals surface area contributed by atoms with Crippen molar-refractivity contribution in [3.63, 3.8) is 0 Å². The Morgan fingerprint density at radius 3 is 2.33 bits per heavy atom. The Morgan fingerprint density at radius 1 is 0.697 bits per heavy atom. The second kappa shape index (κ2) is 6.84. The summed E-state index contributed by atoms with van der Waals surface area (Å²) in [4.78, 5) is 4.74. The van der Waals surface area contributed by atoms with Crippen molar-refractivity contribution in [2.45, 2.75) is 6.92 Å². The van der Waals surface area contributed by atoms with Crippen molar-refractivity contribution in [3.8, 4) is 11.3 Å². The third kappa shape index (κ3) is 2.73. The summed E-state index contributed by atoms with van der Waals surface area (Å²) < 4.78 is 17.5. The van der Waals surface area contributed by atoms with Gasteiger partial charge >= 0.3 is 0 Å². The molecule has 0 atom stereocenters. The molecule has 0 saturated heterocycles. The van der Waals surface area contributed by atoms with Crippen molar-refractivity contribution >= 4 is 63.8 Å². The standard InChI is InChI=1S/C30H18FNS/c1-17-6-10-22-19(14-17)7-8-20-15-21(9-11-23(20)22)29-30-25(12-13-32-29)27-26(33-30)16-18-4-2-3-5-24(18)28(27)31/h2-16H,1H3. The molecule has 3 heteroatoms. The Kier molecular flexibility index (Phi) is 3.88. The highest BCUT2D eigenvalue weighted by Crippen LogP contribution is 2.42. The minimum absolute atomic E-state index is 0.147. The van der Waals surface area contributed by atoms with Gasteiger partial charge in [0.2, 0.25) is 0 Å². The number of aryl methyl sites for hydroxylation is 1. The van der Waals surface area contributed by atoms with E-state index >= 15 is 4.39 Å². The summed E-state index contributed by atoms with van der Waals surface area (Å²) in [6, 6.07) is 29.2. The molecule has 0 fully saturated rings. The van der Waals surface area contributed by atoms with Gasteiger partial charge in [0, 0.05) is 32.6 Å². The van der Waals surface area contributed by atoms with Crippen LogP contribution in [0.1, 0.15) is 5.56 Å². The second-order valence-electron chi connectivity index (χ2n) is 8.65. The predicted molar refractivity (Wildman–Crippen MR) is 140 cm³/mol. The molecule has 0 aliphatic rings. The number of hydrogen-bond acceptors (Lipinski definition) is 2. The molecule has 7 rings (SSSR count). The zero-order valence-electron chi connectivity index (χ0n) is 17.9. The average Bonchev–Trinajstić information content (AvgIpc) is 3.22. The summed E-state index contributed by atoms with van der Waals surface area (Å²) in [5.41, 5.74) is 3.22. The molecule has 5 aromatic carbocycles. The largest absolute Gasteiger partial charge is 0.255 e. The van der Waals surface area contributed by atoms with Crippen molar-refractivity contribution in [2.75, 3.05) is 0 Å². The molecule has 7 aromatic rings. The first-order chi connectivity index (χ1) is 16.2. The molecule has 0 N–H and O–H groups in total. The molecule has 0 unspecified atom stereocenters. The Morgan fingerprint density at radius 2 is 1.45 bits per heavy atom. The molecule has 33 heavy (non-hydrogen) atoms. The SMILES string of the molecule is Cc1ccc2c(ccc3cc(-c4nccc5c4sc4cc6ccccc6c(F)c45)ccc32)c1. The number of thiophene rings is 1. The summed E-state index contributed by atoms with van der Waals surface area (Å²) in [6.07, 6.45) is 1.80. The Labute approximate surface area is 193 Å². The molecule has 0 amide bonds. The number of hydrogen-bond donors (Lipinski definition) is 0. The predicted octanol–water partition coefficient (Wildman–Crippen LogP) is 9.02. The van der Waals surface area contributed by atoms with Crippen LogP contribution in [0.4, 0.5) is 4.39 Å². The Balaban J connectivity index is 1.50. The highest BCUT2D eigenvalue weighted by molar-refractivity contribution is 7.26. The molecule has 0 bridgehead atoms. The van der Waals surface area contributed by atoms with Crippen LogP contribution in [-0.2, 0) is 0 Å². The maximum atomic E-state index is 15.5. The van der Waals surface area contributed by atoms with Crippen LogP contribution in [0.2, 0.25) is 0 Å². The summed E-state index contributed by atoms with van der Waals surface area (Å²) in [5.74, 6) is -0.147. The Bertz CT molecular complexity index is 1900. The van der Waals surface area contributed by atoms with E-state index in [4.69, 9.17) is 4.98 Å². The van der Waals surface area contributed by atoms with E-state index in [1.807, 2.05) is 30.3 Å². The fourth-order valence-corrected chi connectivity index (χ4v) is 6.27. The van der Waals surface area contributed by atoms with Crippen molar-refractivity contribution in [1.82, 2.24) is 4.98 Å². The number of fused-ring (bicyclic) bond motifs is 7. The molecule has 2 heterocycles. The molecule has 0 aliphatic carbocycles. The lowest BCUT2D eigenvalue weighted by molar-refractivity contribution is 0.652. The second-order valence-corrected chi connectivity index (χ2v) is 9.70. The lowest BCUT2D eigenvalue weighted by atomic mass is 9.97. The van der Waals surface area contributed by atoms with E-state index in [-0.39, 0.29) is 5.82 Å². The first-order valence-electron chi connectivity index (χ1n) is 11.0. The topological polar surface area (TPSA) is 12.9 Å². The molecular weight excluding hydrogens is 425 g/mol. The first-order valence-corrected chi connectivity index (χ1v) is 11.8. The number of halogens is 1. The number of benzene rings is 5. The molecule has 1 nitrogen and oxygen atoms in total. The van der Waals surface area contributed by atoms with Gasteiger partial charge in [0.25, 0.3) is 0 Å². The van der Waals surface area contributed by atoms with Crippen molar-refractivity contribution < 1.29 is 4.39 Å². The minimum atomic E-state index is -0.147. The summed E-state index contributed by atoms with van der Waals surface area (Å²) >= 11 is 1.62. The van der Waals surface area contributed by atoms with Crippen LogP contribution < -0.4 is 0 Å². The van der Waals surface area contributed by atoms with Crippen LogP contribution in [-0.4, -0.2) is 4.98 Å². The van der Waals surface area contributed by atoms with Crippen LogP contribution in [0.5, 0.6) is 0 Å². The third-order valence-corrected chi connectivity index (χ3v) is 7.76. The van der Waals surface area contributed by atoms with E-state index in [0.717, 1.165) is 31.4 Å². The van der Waals surface area contributed by atoms with Crippen molar-refractivity contribution in [2.24, 2.45) is 0 Å². The third-order valence-electron chi connectivity index (χ3n) is 6.60. The number of pyridine rings is 1. The molecule has 0 aliphatic heterocycles. The maximum Gasteiger partial charge on any atom is 0.140 e. The zero-order chi connectivity index (χ0) is 22.1. The van der Waals surface area contributed by atoms with Gasteiger partial charge in [-0.1, -0.05) is 72.3 Å². The number of aromatic nitrogens is 1. The van der Waals surface area contributed by atoms with Crippen LogP contribution in [0.15, 0.2) is 91.1 Å². The van der Waals surface area contributed by atoms with Gasteiger partial charge in [-0.25, -0.2) is 4.39 Å². The van der Waals surface area contributed by atoms with Crippen molar-refractivity contribution in [3.05, 3.63) is 103 Å². The Hall–Kier alpha value is -3.82. The smallest absolute Gasteiger partial charge is 0.140 e. The van der Waals surface area contributed by atoms with Gasteiger partial charge in [0.1, 0.15) is 5.82 Å². The zero-order valence-corrected chi connectivity index (χ0v) is 18.7. The summed E-state index contributed by atoms with van der Waals surface area (Å²) in [5, 5.41) is 8.14. The van der Waals surface area contributed by atoms with E-state index in [0.29, 0.717) is 10.8 Å². The van der Waals surface area contributed by atoms with Gasteiger partial charge in [-0.2, -0.15) is 0 Å². The van der Waals surface area contributed by atoms with Crippen LogP contribution in [0.3, 0.4) is 0 Å². The summed E-state index contributed by atoms with van der Waals surface area (Å²) in [6.45, 7) is 2.12. The van der Waals surface area contributed by atoms with E-state index in [1.54, 1.807) is 17.5 Å². The summed E-state index contributed by atoms with van der Waals surface area (Å²) in [7, 11) is 0. The normalized spacial score (nSPS) is 11.9. The maximum absolute atomic E-state index is 15.5. The highest BCUT2D eigenvalue weighted by atomic mass is 32.1. The molecule has 0 radical (unpaired) electrons. The van der Waals surface area contributed by atoms with Crippen LogP contribution >= 0.6 is 11.3 Å². The van der Waals surface area contributed by atoms with Gasteiger partial charge in [0.05, 0.1) is 10.4 Å². The van der Waals surface area contributed by atoms with E-state index in [2.05, 4.69) is 61.5 Å². The quantitative estimate of drug-likeness (QED) is 0.231. The van der Waals surface area contributed by atoms with Crippen molar-refractivity contribution in [1.29, 1.82) is 0 Å². The molecule has 156 valence electrons. The fourth-order valence-electron chi connectivity index (χ4n) is 5.01. The average molecular weight is 444 g/mol. The molecular formula is C30H18FNS. The van der Waals surface area contributed by atoms with Crippen LogP contribution in [0, 0.1) is 12.7 Å². The van der Waals surface area contributed by atoms with E-state index < -0.39 is 0 Å². The van der Waals surface area contributed by atoms with Gasteiger partial charge in [-0.3, -0.25) is 4.98 Å². The molecule has 0 saturated carbocycles. The number of rotatable bonds is 1. The van der Waals surface area contributed by atoms with Gasteiger partial charge in [-0.05, 0) is 52.1 Å². The molecule has 2 aromatic heterocycles. The fraction of sp³-hybridized carbons (Fsp3) is 0.0333. The first kappa shape index (κ1) is 18.7. The van der Waals surface area contributed by atoms with Gasteiger partial charge in [0.15, 0.2) is 0 Å². The highest BCUT2D eigenvalue weighted by Gasteiger charge is 2.17. The minimum Gasteiger partial charge on any atom is -0.255 e. The van der Waals surface area contributed by atoms with Gasteiger partial charge < -0.3 is 0 Å².